The van der Waals surface area contributed by atoms with E-state index >= 15 is 0 Å². The van der Waals surface area contributed by atoms with Gasteiger partial charge in [-0.1, -0.05) is 0 Å². The van der Waals surface area contributed by atoms with Gasteiger partial charge in [-0.25, -0.2) is 13.9 Å². The average molecular weight is 414 g/mol. The minimum absolute atomic E-state index is 0.00539. The van der Waals surface area contributed by atoms with E-state index in [-0.39, 0.29) is 11.5 Å². The van der Waals surface area contributed by atoms with Gasteiger partial charge in [0.05, 0.1) is 0 Å². The Morgan fingerprint density at radius 2 is 2.17 bits per heavy atom. The van der Waals surface area contributed by atoms with Gasteiger partial charge in [-0.3, -0.25) is 9.56 Å². The van der Waals surface area contributed by atoms with E-state index in [2.05, 4.69) is 25.7 Å². The van der Waals surface area contributed by atoms with Crippen molar-refractivity contribution in [1.29, 1.82) is 0 Å². The summed E-state index contributed by atoms with van der Waals surface area (Å²) in [5, 5.41) is 12.1. The van der Waals surface area contributed by atoms with E-state index < -0.39 is 0 Å². The maximum atomic E-state index is 13.3. The number of hydrogen-bond acceptors (Lipinski definition) is 3. The summed E-state index contributed by atoms with van der Waals surface area (Å²) in [6.07, 6.45) is 6.55. The van der Waals surface area contributed by atoms with Gasteiger partial charge in [-0.15, -0.1) is 0 Å². The smallest absolute Gasteiger partial charge is 0.345 e. The van der Waals surface area contributed by atoms with Gasteiger partial charge < -0.3 is 15.6 Å². The molecule has 0 amide bonds. The zero-order valence-electron chi connectivity index (χ0n) is 17.2. The first-order valence-corrected chi connectivity index (χ1v) is 10.5. The number of nitrogens with zero attached hydrogens (tertiary/aromatic N) is 4. The summed E-state index contributed by atoms with van der Waals surface area (Å²) < 4.78 is 16.7. The number of rotatable bonds is 7. The molecule has 0 saturated heterocycles. The van der Waals surface area contributed by atoms with Crippen molar-refractivity contribution >= 4 is 16.9 Å². The molecule has 160 valence electrons. The fourth-order valence-electron chi connectivity index (χ4n) is 3.93. The fourth-order valence-corrected chi connectivity index (χ4v) is 3.93. The fraction of sp³-hybridized carbons (Fsp3) is 0.476. The lowest BCUT2D eigenvalue weighted by Crippen LogP contribution is -2.39. The van der Waals surface area contributed by atoms with Crippen LogP contribution in [-0.2, 0) is 25.9 Å². The molecule has 2 aromatic heterocycles. The summed E-state index contributed by atoms with van der Waals surface area (Å²) in [5.41, 5.74) is 1.95. The van der Waals surface area contributed by atoms with Crippen LogP contribution < -0.4 is 16.3 Å². The Balaban J connectivity index is 1.22. The molecule has 3 N–H and O–H groups in total. The molecule has 0 aliphatic carbocycles. The number of hydrogen-bond donors (Lipinski definition) is 3. The van der Waals surface area contributed by atoms with E-state index in [4.69, 9.17) is 0 Å². The first-order chi connectivity index (χ1) is 14.7. The van der Waals surface area contributed by atoms with Crippen LogP contribution in [0.3, 0.4) is 0 Å². The van der Waals surface area contributed by atoms with E-state index in [1.165, 1.54) is 12.1 Å². The molecular formula is C21H28FN7O. The van der Waals surface area contributed by atoms with E-state index in [0.717, 1.165) is 66.9 Å². The van der Waals surface area contributed by atoms with Gasteiger partial charge >= 0.3 is 5.69 Å². The number of aromatic nitrogens is 4. The molecule has 8 nitrogen and oxygen atoms in total. The predicted octanol–water partition coefficient (Wildman–Crippen LogP) is 1.80. The predicted molar refractivity (Wildman–Crippen MR) is 115 cm³/mol. The number of H-pyrrole nitrogens is 1. The van der Waals surface area contributed by atoms with Crippen LogP contribution in [0.25, 0.3) is 10.9 Å². The molecule has 0 bridgehead atoms. The third-order valence-electron chi connectivity index (χ3n) is 5.51. The van der Waals surface area contributed by atoms with Crippen molar-refractivity contribution in [2.24, 2.45) is 4.99 Å². The standard InChI is InChI=1S/C21H28FN7O/c1-23-20(25-10-8-15-14-26-18-13-16(22)6-7-17(15)18)24-9-4-12-29-21(30)28-11-3-2-5-19(28)27-29/h6-7,13-14,26H,2-5,8-12H2,1H3,(H2,23,24,25). The maximum absolute atomic E-state index is 13.3. The molecule has 0 radical (unpaired) electrons. The minimum atomic E-state index is -0.239. The second-order valence-electron chi connectivity index (χ2n) is 7.56. The second kappa shape index (κ2) is 9.15. The van der Waals surface area contributed by atoms with Crippen molar-refractivity contribution in [1.82, 2.24) is 30.0 Å². The Kier molecular flexibility index (Phi) is 6.15. The zero-order valence-corrected chi connectivity index (χ0v) is 17.2. The zero-order chi connectivity index (χ0) is 20.9. The van der Waals surface area contributed by atoms with Gasteiger partial charge in [-0.2, -0.15) is 5.10 Å². The Morgan fingerprint density at radius 1 is 1.30 bits per heavy atom. The largest absolute Gasteiger partial charge is 0.361 e. The molecule has 1 aliphatic rings. The third kappa shape index (κ3) is 4.39. The van der Waals surface area contributed by atoms with Crippen LogP contribution in [0, 0.1) is 5.82 Å². The highest BCUT2D eigenvalue weighted by molar-refractivity contribution is 5.83. The second-order valence-corrected chi connectivity index (χ2v) is 7.56. The van der Waals surface area contributed by atoms with Gasteiger partial charge in [0.1, 0.15) is 11.6 Å². The summed E-state index contributed by atoms with van der Waals surface area (Å²) >= 11 is 0. The average Bonchev–Trinajstić information content (AvgIpc) is 3.30. The van der Waals surface area contributed by atoms with Crippen LogP contribution in [0.4, 0.5) is 4.39 Å². The highest BCUT2D eigenvalue weighted by atomic mass is 19.1. The number of aliphatic imine (C=N–C) groups is 1. The van der Waals surface area contributed by atoms with Crippen molar-refractivity contribution in [2.45, 2.75) is 45.2 Å². The molecular weight excluding hydrogens is 385 g/mol. The first kappa shape index (κ1) is 20.2. The number of nitrogens with one attached hydrogen (secondary N) is 3. The number of benzene rings is 1. The molecule has 0 spiro atoms. The molecule has 0 unspecified atom stereocenters. The molecule has 4 rings (SSSR count). The molecule has 9 heteroatoms. The molecule has 30 heavy (non-hydrogen) atoms. The van der Waals surface area contributed by atoms with E-state index in [0.29, 0.717) is 19.6 Å². The van der Waals surface area contributed by atoms with Crippen molar-refractivity contribution in [3.8, 4) is 0 Å². The molecule has 1 aliphatic heterocycles. The van der Waals surface area contributed by atoms with E-state index in [1.807, 2.05) is 6.20 Å². The number of guanidine groups is 1. The number of aryl methyl sites for hydroxylation is 2. The quantitative estimate of drug-likeness (QED) is 0.313. The molecule has 3 aromatic rings. The van der Waals surface area contributed by atoms with Gasteiger partial charge in [0, 0.05) is 56.7 Å². The van der Waals surface area contributed by atoms with Crippen molar-refractivity contribution in [3.05, 3.63) is 52.1 Å². The lowest BCUT2D eigenvalue weighted by molar-refractivity contribution is 0.509. The van der Waals surface area contributed by atoms with Crippen molar-refractivity contribution in [2.75, 3.05) is 20.1 Å². The normalized spacial score (nSPS) is 14.1. The lowest BCUT2D eigenvalue weighted by atomic mass is 10.1. The van der Waals surface area contributed by atoms with Gasteiger partial charge in [0.2, 0.25) is 0 Å². The van der Waals surface area contributed by atoms with Crippen LogP contribution in [-0.4, -0.2) is 45.4 Å². The third-order valence-corrected chi connectivity index (χ3v) is 5.51. The first-order valence-electron chi connectivity index (χ1n) is 10.5. The summed E-state index contributed by atoms with van der Waals surface area (Å²) in [6, 6.07) is 4.79. The Labute approximate surface area is 174 Å². The number of aromatic amines is 1. The van der Waals surface area contributed by atoms with Gasteiger partial charge in [-0.05, 0) is 49.4 Å². The van der Waals surface area contributed by atoms with E-state index in [9.17, 15) is 9.18 Å². The molecule has 1 aromatic carbocycles. The molecule has 0 atom stereocenters. The van der Waals surface area contributed by atoms with Crippen molar-refractivity contribution < 1.29 is 4.39 Å². The summed E-state index contributed by atoms with van der Waals surface area (Å²) in [5.74, 6) is 1.39. The number of fused-ring (bicyclic) bond motifs is 2. The number of halogens is 1. The van der Waals surface area contributed by atoms with Crippen LogP contribution in [0.15, 0.2) is 34.2 Å². The monoisotopic (exact) mass is 413 g/mol. The SMILES string of the molecule is CN=C(NCCCn1nc2n(c1=O)CCCC2)NCCc1c[nH]c2cc(F)ccc12. The van der Waals surface area contributed by atoms with Crippen molar-refractivity contribution in [3.63, 3.8) is 0 Å². The van der Waals surface area contributed by atoms with Crippen LogP contribution in [0.2, 0.25) is 0 Å². The highest BCUT2D eigenvalue weighted by Gasteiger charge is 2.16. The Morgan fingerprint density at radius 3 is 3.00 bits per heavy atom. The maximum Gasteiger partial charge on any atom is 0.345 e. The topological polar surface area (TPSA) is 92.0 Å². The summed E-state index contributed by atoms with van der Waals surface area (Å²) in [6.45, 7) is 2.78. The minimum Gasteiger partial charge on any atom is -0.361 e. The van der Waals surface area contributed by atoms with Gasteiger partial charge in [0.25, 0.3) is 0 Å². The Bertz CT molecular complexity index is 1090. The Hall–Kier alpha value is -3.10. The van der Waals surface area contributed by atoms with E-state index in [1.54, 1.807) is 22.4 Å². The highest BCUT2D eigenvalue weighted by Crippen LogP contribution is 2.19. The van der Waals surface area contributed by atoms with Crippen LogP contribution in [0.1, 0.15) is 30.7 Å². The van der Waals surface area contributed by atoms with Crippen LogP contribution in [0.5, 0.6) is 0 Å². The van der Waals surface area contributed by atoms with Crippen LogP contribution >= 0.6 is 0 Å². The molecule has 0 fully saturated rings. The molecule has 3 heterocycles. The molecule has 0 saturated carbocycles. The summed E-state index contributed by atoms with van der Waals surface area (Å²) in [7, 11) is 1.73. The lowest BCUT2D eigenvalue weighted by Gasteiger charge is -2.11. The summed E-state index contributed by atoms with van der Waals surface area (Å²) in [4.78, 5) is 19.7. The van der Waals surface area contributed by atoms with Gasteiger partial charge in [0.15, 0.2) is 5.96 Å².